The monoisotopic (exact) mass is 295 g/mol. The minimum atomic E-state index is 0.248. The summed E-state index contributed by atoms with van der Waals surface area (Å²) in [6.07, 6.45) is 12.5. The molecule has 1 unspecified atom stereocenters. The number of piperidine rings is 1. The molecule has 2 rings (SSSR count). The van der Waals surface area contributed by atoms with E-state index >= 15 is 0 Å². The Morgan fingerprint density at radius 2 is 1.76 bits per heavy atom. The molecular formula is C17H33N3O. The van der Waals surface area contributed by atoms with E-state index in [-0.39, 0.29) is 5.91 Å². The quantitative estimate of drug-likeness (QED) is 0.739. The number of carbonyl (C=O) groups excluding carboxylic acids is 1. The van der Waals surface area contributed by atoms with Gasteiger partial charge in [0.15, 0.2) is 0 Å². The summed E-state index contributed by atoms with van der Waals surface area (Å²) in [5.41, 5.74) is 0. The summed E-state index contributed by atoms with van der Waals surface area (Å²) < 4.78 is 0. The normalized spacial score (nSPS) is 25.5. The van der Waals surface area contributed by atoms with Crippen LogP contribution in [0.5, 0.6) is 0 Å². The highest BCUT2D eigenvalue weighted by molar-refractivity contribution is 5.78. The molecule has 0 aromatic carbocycles. The lowest BCUT2D eigenvalue weighted by Gasteiger charge is -2.35. The second kappa shape index (κ2) is 9.42. The Balaban J connectivity index is 1.76. The summed E-state index contributed by atoms with van der Waals surface area (Å²) in [5, 5.41) is 6.52. The van der Waals surface area contributed by atoms with Gasteiger partial charge in [-0.1, -0.05) is 32.1 Å². The molecule has 1 atom stereocenters. The lowest BCUT2D eigenvalue weighted by Crippen LogP contribution is -2.48. The zero-order chi connectivity index (χ0) is 14.9. The van der Waals surface area contributed by atoms with Crippen LogP contribution in [0.3, 0.4) is 0 Å². The maximum Gasteiger partial charge on any atom is 0.234 e. The van der Waals surface area contributed by atoms with Gasteiger partial charge in [-0.2, -0.15) is 0 Å². The number of rotatable bonds is 6. The molecule has 2 aliphatic rings. The Hall–Kier alpha value is -0.610. The fourth-order valence-electron chi connectivity index (χ4n) is 3.79. The van der Waals surface area contributed by atoms with Crippen molar-refractivity contribution in [2.45, 2.75) is 76.3 Å². The lowest BCUT2D eigenvalue weighted by atomic mass is 9.99. The van der Waals surface area contributed by atoms with Gasteiger partial charge < -0.3 is 10.6 Å². The molecule has 1 aliphatic carbocycles. The predicted octanol–water partition coefficient (Wildman–Crippen LogP) is 2.29. The molecule has 0 aromatic rings. The van der Waals surface area contributed by atoms with E-state index in [1.807, 2.05) is 7.05 Å². The van der Waals surface area contributed by atoms with Crippen molar-refractivity contribution in [2.75, 3.05) is 26.7 Å². The highest BCUT2D eigenvalue weighted by Crippen LogP contribution is 2.20. The zero-order valence-corrected chi connectivity index (χ0v) is 13.7. The van der Waals surface area contributed by atoms with Crippen molar-refractivity contribution in [1.82, 2.24) is 15.5 Å². The van der Waals surface area contributed by atoms with Crippen LogP contribution in [-0.2, 0) is 4.79 Å². The minimum Gasteiger partial charge on any atom is -0.352 e. The number of carbonyl (C=O) groups is 1. The topological polar surface area (TPSA) is 44.4 Å². The largest absolute Gasteiger partial charge is 0.352 e. The predicted molar refractivity (Wildman–Crippen MR) is 87.4 cm³/mol. The molecule has 0 spiro atoms. The molecule has 0 aromatic heterocycles. The standard InChI is InChI=1S/C17H33N3O/c1-18-12-11-16-10-6-7-13-20(16)14-17(21)19-15-8-4-2-3-5-9-15/h15-16,18H,2-14H2,1H3,(H,19,21). The van der Waals surface area contributed by atoms with Crippen LogP contribution < -0.4 is 10.6 Å². The van der Waals surface area contributed by atoms with Crippen molar-refractivity contribution >= 4 is 5.91 Å². The summed E-state index contributed by atoms with van der Waals surface area (Å²) in [4.78, 5) is 14.8. The third-order valence-corrected chi connectivity index (χ3v) is 5.04. The molecule has 1 saturated carbocycles. The van der Waals surface area contributed by atoms with Crippen LogP contribution in [0.25, 0.3) is 0 Å². The summed E-state index contributed by atoms with van der Waals surface area (Å²) >= 11 is 0. The first-order valence-electron chi connectivity index (χ1n) is 8.97. The van der Waals surface area contributed by atoms with E-state index in [0.29, 0.717) is 18.6 Å². The Morgan fingerprint density at radius 1 is 1.05 bits per heavy atom. The van der Waals surface area contributed by atoms with Gasteiger partial charge >= 0.3 is 0 Å². The average molecular weight is 295 g/mol. The second-order valence-corrected chi connectivity index (χ2v) is 6.77. The van der Waals surface area contributed by atoms with Gasteiger partial charge in [0.2, 0.25) is 5.91 Å². The third kappa shape index (κ3) is 5.95. The van der Waals surface area contributed by atoms with E-state index in [1.165, 1.54) is 57.8 Å². The number of nitrogens with zero attached hydrogens (tertiary/aromatic N) is 1. The van der Waals surface area contributed by atoms with Crippen LogP contribution in [-0.4, -0.2) is 49.6 Å². The van der Waals surface area contributed by atoms with Crippen LogP contribution in [0.4, 0.5) is 0 Å². The van der Waals surface area contributed by atoms with E-state index in [0.717, 1.165) is 19.5 Å². The summed E-state index contributed by atoms with van der Waals surface area (Å²) in [6.45, 7) is 2.74. The van der Waals surface area contributed by atoms with Crippen LogP contribution in [0, 0.1) is 0 Å². The number of likely N-dealkylation sites (tertiary alicyclic amines) is 1. The first-order valence-corrected chi connectivity index (χ1v) is 8.97. The highest BCUT2D eigenvalue weighted by atomic mass is 16.2. The maximum absolute atomic E-state index is 12.3. The molecule has 1 aliphatic heterocycles. The van der Waals surface area contributed by atoms with Crippen molar-refractivity contribution in [1.29, 1.82) is 0 Å². The van der Waals surface area contributed by atoms with Crippen molar-refractivity contribution in [3.05, 3.63) is 0 Å². The van der Waals surface area contributed by atoms with Crippen LogP contribution >= 0.6 is 0 Å². The van der Waals surface area contributed by atoms with E-state index in [4.69, 9.17) is 0 Å². The Bertz CT molecular complexity index is 300. The molecule has 0 radical (unpaired) electrons. The van der Waals surface area contributed by atoms with Gasteiger partial charge in [-0.05, 0) is 52.2 Å². The zero-order valence-electron chi connectivity index (χ0n) is 13.7. The van der Waals surface area contributed by atoms with Crippen molar-refractivity contribution in [2.24, 2.45) is 0 Å². The Kier molecular flexibility index (Phi) is 7.51. The fourth-order valence-corrected chi connectivity index (χ4v) is 3.79. The fraction of sp³-hybridized carbons (Fsp3) is 0.941. The van der Waals surface area contributed by atoms with Gasteiger partial charge in [-0.25, -0.2) is 0 Å². The summed E-state index contributed by atoms with van der Waals surface area (Å²) in [6, 6.07) is 1.02. The summed E-state index contributed by atoms with van der Waals surface area (Å²) in [7, 11) is 2.01. The first kappa shape index (κ1) is 16.8. The maximum atomic E-state index is 12.3. The molecule has 122 valence electrons. The average Bonchev–Trinajstić information content (AvgIpc) is 2.75. The van der Waals surface area contributed by atoms with Gasteiger partial charge in [-0.15, -0.1) is 0 Å². The molecule has 1 amide bonds. The molecule has 2 N–H and O–H groups in total. The van der Waals surface area contributed by atoms with Crippen molar-refractivity contribution in [3.8, 4) is 0 Å². The Labute approximate surface area is 130 Å². The van der Waals surface area contributed by atoms with E-state index in [1.54, 1.807) is 0 Å². The van der Waals surface area contributed by atoms with Crippen molar-refractivity contribution < 1.29 is 4.79 Å². The number of hydrogen-bond acceptors (Lipinski definition) is 3. The SMILES string of the molecule is CNCCC1CCCCN1CC(=O)NC1CCCCCC1. The smallest absolute Gasteiger partial charge is 0.234 e. The number of hydrogen-bond donors (Lipinski definition) is 2. The second-order valence-electron chi connectivity index (χ2n) is 6.77. The number of amides is 1. The van der Waals surface area contributed by atoms with Gasteiger partial charge in [0.25, 0.3) is 0 Å². The van der Waals surface area contributed by atoms with Gasteiger partial charge in [0.1, 0.15) is 0 Å². The van der Waals surface area contributed by atoms with E-state index in [9.17, 15) is 4.79 Å². The molecule has 2 fully saturated rings. The lowest BCUT2D eigenvalue weighted by molar-refractivity contribution is -0.124. The molecule has 1 saturated heterocycles. The van der Waals surface area contributed by atoms with Gasteiger partial charge in [0.05, 0.1) is 6.54 Å². The Morgan fingerprint density at radius 3 is 2.48 bits per heavy atom. The third-order valence-electron chi connectivity index (χ3n) is 5.04. The van der Waals surface area contributed by atoms with Gasteiger partial charge in [0, 0.05) is 12.1 Å². The summed E-state index contributed by atoms with van der Waals surface area (Å²) in [5.74, 6) is 0.248. The van der Waals surface area contributed by atoms with Gasteiger partial charge in [-0.3, -0.25) is 9.69 Å². The number of nitrogens with one attached hydrogen (secondary N) is 2. The van der Waals surface area contributed by atoms with E-state index < -0.39 is 0 Å². The van der Waals surface area contributed by atoms with Crippen LogP contribution in [0.15, 0.2) is 0 Å². The molecular weight excluding hydrogens is 262 g/mol. The highest BCUT2D eigenvalue weighted by Gasteiger charge is 2.24. The molecule has 4 heteroatoms. The van der Waals surface area contributed by atoms with Crippen LogP contribution in [0.1, 0.15) is 64.2 Å². The first-order chi connectivity index (χ1) is 10.3. The molecule has 1 heterocycles. The minimum absolute atomic E-state index is 0.248. The molecule has 0 bridgehead atoms. The molecule has 21 heavy (non-hydrogen) atoms. The van der Waals surface area contributed by atoms with E-state index in [2.05, 4.69) is 15.5 Å². The molecule has 4 nitrogen and oxygen atoms in total. The van der Waals surface area contributed by atoms with Crippen molar-refractivity contribution in [3.63, 3.8) is 0 Å². The van der Waals surface area contributed by atoms with Crippen LogP contribution in [0.2, 0.25) is 0 Å².